The van der Waals surface area contributed by atoms with E-state index in [9.17, 15) is 24.0 Å². The van der Waals surface area contributed by atoms with E-state index < -0.39 is 52.5 Å². The number of hydroxylamine groups is 2. The van der Waals surface area contributed by atoms with Gasteiger partial charge in [0.15, 0.2) is 0 Å². The molecule has 13 heteroatoms. The highest BCUT2D eigenvalue weighted by Crippen LogP contribution is 2.31. The largest absolute Gasteiger partial charge is 0.534 e. The van der Waals surface area contributed by atoms with Gasteiger partial charge in [0.1, 0.15) is 24.0 Å². The Morgan fingerprint density at radius 1 is 0.906 bits per heavy atom. The van der Waals surface area contributed by atoms with Gasteiger partial charge >= 0.3 is 18.3 Å². The number of barbiturate groups is 1. The van der Waals surface area contributed by atoms with Crippen molar-refractivity contribution in [2.24, 2.45) is 5.16 Å². The second-order valence-electron chi connectivity index (χ2n) is 8.91. The van der Waals surface area contributed by atoms with E-state index >= 15 is 0 Å². The zero-order valence-corrected chi connectivity index (χ0v) is 20.0. The van der Waals surface area contributed by atoms with Crippen LogP contribution in [-0.4, -0.2) is 88.6 Å². The number of ether oxygens (including phenoxy) is 2. The molecule has 180 valence electrons. The van der Waals surface area contributed by atoms with Crippen molar-refractivity contribution in [3.8, 4) is 0 Å². The van der Waals surface area contributed by atoms with E-state index in [1.54, 1.807) is 0 Å². The standard InChI is InChI=1S/C19H30N4O9/c1-11(20-29-10)19(12(24)21(8)14(26)22(9)13(19)25)23(15(27)30-17(2,3)4)32-16(28)31-18(5,6)7/h1-10H3. The first-order valence-corrected chi connectivity index (χ1v) is 9.52. The van der Waals surface area contributed by atoms with Crippen molar-refractivity contribution in [1.82, 2.24) is 14.9 Å². The number of urea groups is 1. The third-order valence-corrected chi connectivity index (χ3v) is 3.97. The zero-order chi connectivity index (χ0) is 25.2. The van der Waals surface area contributed by atoms with Crippen LogP contribution in [0.3, 0.4) is 0 Å². The van der Waals surface area contributed by atoms with Gasteiger partial charge in [0, 0.05) is 14.1 Å². The monoisotopic (exact) mass is 458 g/mol. The number of carbonyl (C=O) groups excluding carboxylic acids is 5. The molecule has 0 saturated carbocycles. The first-order chi connectivity index (χ1) is 14.4. The summed E-state index contributed by atoms with van der Waals surface area (Å²) in [5.74, 6) is -2.45. The number of hydrogen-bond acceptors (Lipinski definition) is 10. The third kappa shape index (κ3) is 5.26. The van der Waals surface area contributed by atoms with E-state index in [2.05, 4.69) is 5.16 Å². The Morgan fingerprint density at radius 3 is 1.72 bits per heavy atom. The molecule has 13 nitrogen and oxygen atoms in total. The van der Waals surface area contributed by atoms with Gasteiger partial charge in [0.2, 0.25) is 0 Å². The molecule has 5 amide bonds. The number of oxime groups is 1. The van der Waals surface area contributed by atoms with E-state index in [0.29, 0.717) is 9.80 Å². The van der Waals surface area contributed by atoms with Gasteiger partial charge in [-0.15, -0.1) is 5.06 Å². The van der Waals surface area contributed by atoms with Gasteiger partial charge in [0.05, 0.1) is 0 Å². The van der Waals surface area contributed by atoms with Crippen LogP contribution in [-0.2, 0) is 28.7 Å². The number of nitrogens with zero attached hydrogens (tertiary/aromatic N) is 4. The fourth-order valence-electron chi connectivity index (χ4n) is 2.70. The second kappa shape index (κ2) is 9.01. The Balaban J connectivity index is 3.81. The maximum absolute atomic E-state index is 13.3. The normalized spacial score (nSPS) is 17.2. The summed E-state index contributed by atoms with van der Waals surface area (Å²) in [5, 5.41) is 3.74. The molecule has 0 radical (unpaired) electrons. The van der Waals surface area contributed by atoms with Crippen molar-refractivity contribution < 1.29 is 43.1 Å². The lowest BCUT2D eigenvalue weighted by molar-refractivity contribution is -0.191. The molecule has 1 fully saturated rings. The summed E-state index contributed by atoms with van der Waals surface area (Å²) in [4.78, 5) is 75.5. The number of likely N-dealkylation sites (N-methyl/N-ethyl adjacent to an activating group) is 2. The minimum Gasteiger partial charge on any atom is -0.442 e. The zero-order valence-electron chi connectivity index (χ0n) is 20.0. The van der Waals surface area contributed by atoms with Gasteiger partial charge in [-0.25, -0.2) is 14.4 Å². The lowest BCUT2D eigenvalue weighted by Crippen LogP contribution is -2.77. The van der Waals surface area contributed by atoms with Gasteiger partial charge in [-0.3, -0.25) is 24.2 Å². The fourth-order valence-corrected chi connectivity index (χ4v) is 2.70. The van der Waals surface area contributed by atoms with E-state index in [-0.39, 0.29) is 5.06 Å². The lowest BCUT2D eigenvalue weighted by Gasteiger charge is -2.44. The summed E-state index contributed by atoms with van der Waals surface area (Å²) in [5.41, 5.74) is -5.30. The van der Waals surface area contributed by atoms with Crippen LogP contribution in [0.1, 0.15) is 48.5 Å². The molecule has 0 unspecified atom stereocenters. The van der Waals surface area contributed by atoms with E-state index in [0.717, 1.165) is 21.2 Å². The second-order valence-corrected chi connectivity index (χ2v) is 8.91. The maximum Gasteiger partial charge on any atom is 0.534 e. The van der Waals surface area contributed by atoms with Gasteiger partial charge in [-0.2, -0.15) is 0 Å². The van der Waals surface area contributed by atoms with Crippen molar-refractivity contribution in [3.05, 3.63) is 0 Å². The summed E-state index contributed by atoms with van der Waals surface area (Å²) < 4.78 is 10.3. The number of carbonyl (C=O) groups is 5. The topological polar surface area (TPSA) is 144 Å². The number of hydrogen-bond donors (Lipinski definition) is 0. The lowest BCUT2D eigenvalue weighted by atomic mass is 9.88. The van der Waals surface area contributed by atoms with Crippen LogP contribution in [0.4, 0.5) is 14.4 Å². The summed E-state index contributed by atoms with van der Waals surface area (Å²) in [6, 6.07) is -0.970. The summed E-state index contributed by atoms with van der Waals surface area (Å²) in [6.07, 6.45) is -2.79. The molecule has 0 aromatic heterocycles. The van der Waals surface area contributed by atoms with E-state index in [1.807, 2.05) is 0 Å². The molecule has 0 atom stereocenters. The molecule has 0 spiro atoms. The first kappa shape index (κ1) is 26.7. The molecule has 1 saturated heterocycles. The van der Waals surface area contributed by atoms with Crippen LogP contribution in [0.5, 0.6) is 0 Å². The molecular weight excluding hydrogens is 428 g/mol. The Kier molecular flexibility index (Phi) is 7.50. The van der Waals surface area contributed by atoms with Crippen LogP contribution >= 0.6 is 0 Å². The van der Waals surface area contributed by atoms with Crippen LogP contribution in [0.15, 0.2) is 5.16 Å². The van der Waals surface area contributed by atoms with Crippen molar-refractivity contribution in [1.29, 1.82) is 0 Å². The minimum absolute atomic E-state index is 0.119. The highest BCUT2D eigenvalue weighted by Gasteiger charge is 2.66. The molecule has 1 rings (SSSR count). The Hall–Kier alpha value is -3.38. The SMILES string of the molecule is CON=C(C)C1(N(OC(=O)OC(C)(C)C)C(=O)OC(C)(C)C)C(=O)N(C)C(=O)N(C)C1=O. The van der Waals surface area contributed by atoms with Gasteiger partial charge in [-0.05, 0) is 48.5 Å². The number of imide groups is 2. The third-order valence-electron chi connectivity index (χ3n) is 3.97. The smallest absolute Gasteiger partial charge is 0.442 e. The van der Waals surface area contributed by atoms with Crippen LogP contribution < -0.4 is 0 Å². The quantitative estimate of drug-likeness (QED) is 0.268. The Bertz CT molecular complexity index is 815. The fraction of sp³-hybridized carbons (Fsp3) is 0.684. The predicted octanol–water partition coefficient (Wildman–Crippen LogP) is 1.90. The average Bonchev–Trinajstić information content (AvgIpc) is 2.61. The molecule has 0 aromatic carbocycles. The molecule has 0 aromatic rings. The molecule has 0 bridgehead atoms. The molecule has 32 heavy (non-hydrogen) atoms. The van der Waals surface area contributed by atoms with Crippen molar-refractivity contribution in [3.63, 3.8) is 0 Å². The highest BCUT2D eigenvalue weighted by molar-refractivity contribution is 6.36. The number of rotatable bonds is 3. The minimum atomic E-state index is -2.74. The molecule has 0 N–H and O–H groups in total. The van der Waals surface area contributed by atoms with Crippen LogP contribution in [0, 0.1) is 0 Å². The predicted molar refractivity (Wildman–Crippen MR) is 109 cm³/mol. The molecule has 0 aliphatic carbocycles. The molecule has 1 aliphatic rings. The van der Waals surface area contributed by atoms with E-state index in [1.165, 1.54) is 48.5 Å². The van der Waals surface area contributed by atoms with Gasteiger partial charge in [-0.1, -0.05) is 5.16 Å². The van der Waals surface area contributed by atoms with Crippen molar-refractivity contribution in [2.45, 2.75) is 65.2 Å². The van der Waals surface area contributed by atoms with Crippen molar-refractivity contribution in [2.75, 3.05) is 21.2 Å². The van der Waals surface area contributed by atoms with Crippen LogP contribution in [0.25, 0.3) is 0 Å². The molecule has 1 aliphatic heterocycles. The van der Waals surface area contributed by atoms with E-state index in [4.69, 9.17) is 19.1 Å². The molecular formula is C19H30N4O9. The van der Waals surface area contributed by atoms with Gasteiger partial charge < -0.3 is 14.3 Å². The number of amides is 5. The average molecular weight is 458 g/mol. The Labute approximate surface area is 186 Å². The summed E-state index contributed by atoms with van der Waals surface area (Å²) in [7, 11) is 3.31. The molecule has 1 heterocycles. The maximum atomic E-state index is 13.3. The van der Waals surface area contributed by atoms with Gasteiger partial charge in [0.25, 0.3) is 17.4 Å². The summed E-state index contributed by atoms with van der Waals surface area (Å²) >= 11 is 0. The highest BCUT2D eigenvalue weighted by atomic mass is 16.8. The van der Waals surface area contributed by atoms with Crippen molar-refractivity contribution >= 4 is 35.8 Å². The van der Waals surface area contributed by atoms with Crippen LogP contribution in [0.2, 0.25) is 0 Å². The first-order valence-electron chi connectivity index (χ1n) is 9.52. The summed E-state index contributed by atoms with van der Waals surface area (Å²) in [6.45, 7) is 10.4. The Morgan fingerprint density at radius 2 is 1.34 bits per heavy atom.